The Labute approximate surface area is 199 Å². The third-order valence-electron chi connectivity index (χ3n) is 6.39. The van der Waals surface area contributed by atoms with Crippen LogP contribution >= 0.6 is 11.3 Å². The topological polar surface area (TPSA) is 71.1 Å². The molecule has 0 atom stereocenters. The van der Waals surface area contributed by atoms with Gasteiger partial charge in [-0.25, -0.2) is 4.98 Å². The fourth-order valence-electron chi connectivity index (χ4n) is 4.72. The van der Waals surface area contributed by atoms with Crippen molar-refractivity contribution in [1.29, 1.82) is 0 Å². The van der Waals surface area contributed by atoms with Gasteiger partial charge < -0.3 is 5.32 Å². The van der Waals surface area contributed by atoms with Crippen molar-refractivity contribution < 1.29 is 9.59 Å². The number of anilines is 2. The number of amides is 2. The van der Waals surface area contributed by atoms with Crippen LogP contribution in [0.1, 0.15) is 86.0 Å². The fraction of sp³-hybridized carbons (Fsp3) is 0.370. The summed E-state index contributed by atoms with van der Waals surface area (Å²) in [5.41, 5.74) is 6.54. The van der Waals surface area contributed by atoms with E-state index >= 15 is 0 Å². The monoisotopic (exact) mass is 461 g/mol. The van der Waals surface area contributed by atoms with Gasteiger partial charge in [0.1, 0.15) is 4.88 Å². The molecule has 2 aromatic carbocycles. The van der Waals surface area contributed by atoms with Gasteiger partial charge in [-0.05, 0) is 75.3 Å². The van der Waals surface area contributed by atoms with Crippen molar-refractivity contribution in [2.24, 2.45) is 0 Å². The predicted octanol–water partition coefficient (Wildman–Crippen LogP) is 6.93. The number of carbonyl (C=O) groups excluding carboxylic acids is 2. The summed E-state index contributed by atoms with van der Waals surface area (Å²) in [6.45, 7) is 7.80. The third kappa shape index (κ3) is 5.33. The molecular formula is C27H31N3O2S. The number of aromatic nitrogens is 1. The van der Waals surface area contributed by atoms with Gasteiger partial charge in [0, 0.05) is 11.3 Å². The average molecular weight is 462 g/mol. The minimum Gasteiger partial charge on any atom is -0.321 e. The molecule has 0 aliphatic heterocycles. The molecule has 3 aromatic rings. The summed E-state index contributed by atoms with van der Waals surface area (Å²) in [6, 6.07) is 12.0. The van der Waals surface area contributed by atoms with E-state index in [1.54, 1.807) is 6.92 Å². The molecule has 5 nitrogen and oxygen atoms in total. The molecule has 172 valence electrons. The highest BCUT2D eigenvalue weighted by Crippen LogP contribution is 2.33. The molecule has 2 amide bonds. The highest BCUT2D eigenvalue weighted by Gasteiger charge is 2.20. The van der Waals surface area contributed by atoms with Gasteiger partial charge in [-0.2, -0.15) is 0 Å². The third-order valence-corrected chi connectivity index (χ3v) is 7.46. The van der Waals surface area contributed by atoms with Crippen molar-refractivity contribution in [2.45, 2.75) is 65.7 Å². The van der Waals surface area contributed by atoms with Crippen molar-refractivity contribution >= 4 is 34.0 Å². The van der Waals surface area contributed by atoms with E-state index in [-0.39, 0.29) is 11.8 Å². The smallest absolute Gasteiger partial charge is 0.267 e. The molecule has 1 fully saturated rings. The summed E-state index contributed by atoms with van der Waals surface area (Å²) in [5.74, 6) is 0.188. The van der Waals surface area contributed by atoms with E-state index in [1.807, 2.05) is 45.0 Å². The minimum absolute atomic E-state index is 0.211. The van der Waals surface area contributed by atoms with Crippen molar-refractivity contribution in [1.82, 2.24) is 4.98 Å². The van der Waals surface area contributed by atoms with Gasteiger partial charge in [0.25, 0.3) is 11.8 Å². The van der Waals surface area contributed by atoms with Gasteiger partial charge in [0.2, 0.25) is 0 Å². The predicted molar refractivity (Wildman–Crippen MR) is 136 cm³/mol. The van der Waals surface area contributed by atoms with Crippen LogP contribution in [-0.4, -0.2) is 16.8 Å². The Bertz CT molecular complexity index is 1150. The molecule has 0 saturated heterocycles. The number of thiazole rings is 1. The molecule has 33 heavy (non-hydrogen) atoms. The lowest BCUT2D eigenvalue weighted by Gasteiger charge is -2.22. The van der Waals surface area contributed by atoms with Crippen LogP contribution in [0.2, 0.25) is 0 Å². The van der Waals surface area contributed by atoms with E-state index in [0.29, 0.717) is 27.2 Å². The highest BCUT2D eigenvalue weighted by atomic mass is 32.1. The number of aryl methyl sites for hydroxylation is 4. The quantitative estimate of drug-likeness (QED) is 0.433. The molecular weight excluding hydrogens is 430 g/mol. The van der Waals surface area contributed by atoms with Crippen LogP contribution in [0.5, 0.6) is 0 Å². The van der Waals surface area contributed by atoms with Crippen LogP contribution in [0.3, 0.4) is 0 Å². The van der Waals surface area contributed by atoms with Gasteiger partial charge >= 0.3 is 0 Å². The first-order chi connectivity index (χ1) is 15.8. The Balaban J connectivity index is 1.44. The zero-order valence-electron chi connectivity index (χ0n) is 19.7. The number of hydrogen-bond donors (Lipinski definition) is 2. The van der Waals surface area contributed by atoms with Crippen LogP contribution in [0.25, 0.3) is 0 Å². The van der Waals surface area contributed by atoms with Gasteiger partial charge in [0.05, 0.1) is 5.69 Å². The van der Waals surface area contributed by atoms with Crippen LogP contribution in [0.4, 0.5) is 10.8 Å². The lowest BCUT2D eigenvalue weighted by molar-refractivity contribution is 0.102. The second-order valence-corrected chi connectivity index (χ2v) is 10.1. The standard InChI is InChI=1S/C27H31N3O2S/c1-16-14-17(2)23(18(3)15-16)29-26(32)24-19(4)28-27(33-24)30-25(31)22-12-10-21(11-13-22)20-8-6-5-7-9-20/h10-15,20H,5-9H2,1-4H3,(H,29,32)(H,28,30,31). The summed E-state index contributed by atoms with van der Waals surface area (Å²) >= 11 is 1.20. The Kier molecular flexibility index (Phi) is 6.94. The van der Waals surface area contributed by atoms with Crippen molar-refractivity contribution in [3.63, 3.8) is 0 Å². The molecule has 0 unspecified atom stereocenters. The number of carbonyl (C=O) groups is 2. The Hall–Kier alpha value is -2.99. The zero-order chi connectivity index (χ0) is 23.5. The van der Waals surface area contributed by atoms with E-state index in [0.717, 1.165) is 22.4 Å². The van der Waals surface area contributed by atoms with Crippen LogP contribution < -0.4 is 10.6 Å². The van der Waals surface area contributed by atoms with E-state index in [1.165, 1.54) is 49.0 Å². The summed E-state index contributed by atoms with van der Waals surface area (Å²) in [4.78, 5) is 30.6. The maximum Gasteiger partial charge on any atom is 0.267 e. The molecule has 2 N–H and O–H groups in total. The number of nitrogens with one attached hydrogen (secondary N) is 2. The van der Waals surface area contributed by atoms with Crippen molar-refractivity contribution in [3.8, 4) is 0 Å². The number of nitrogens with zero attached hydrogens (tertiary/aromatic N) is 1. The average Bonchev–Trinajstić information content (AvgIpc) is 3.16. The van der Waals surface area contributed by atoms with E-state index in [4.69, 9.17) is 0 Å². The first-order valence-electron chi connectivity index (χ1n) is 11.6. The maximum absolute atomic E-state index is 12.9. The van der Waals surface area contributed by atoms with Crippen LogP contribution in [0, 0.1) is 27.7 Å². The van der Waals surface area contributed by atoms with E-state index in [2.05, 4.69) is 27.8 Å². The first-order valence-corrected chi connectivity index (χ1v) is 12.4. The normalized spacial score (nSPS) is 14.2. The molecule has 0 spiro atoms. The Morgan fingerprint density at radius 2 is 1.52 bits per heavy atom. The van der Waals surface area contributed by atoms with Crippen LogP contribution in [0.15, 0.2) is 36.4 Å². The van der Waals surface area contributed by atoms with Crippen molar-refractivity contribution in [2.75, 3.05) is 10.6 Å². The largest absolute Gasteiger partial charge is 0.321 e. The molecule has 0 bridgehead atoms. The second kappa shape index (κ2) is 9.87. The molecule has 1 aliphatic carbocycles. The Morgan fingerprint density at radius 3 is 2.15 bits per heavy atom. The minimum atomic E-state index is -0.212. The van der Waals surface area contributed by atoms with Gasteiger partial charge in [0.15, 0.2) is 5.13 Å². The SMILES string of the molecule is Cc1cc(C)c(NC(=O)c2sc(NC(=O)c3ccc(C4CCCCC4)cc3)nc2C)c(C)c1. The summed E-state index contributed by atoms with van der Waals surface area (Å²) < 4.78 is 0. The summed E-state index contributed by atoms with van der Waals surface area (Å²) in [7, 11) is 0. The van der Waals surface area contributed by atoms with Crippen molar-refractivity contribution in [3.05, 3.63) is 74.8 Å². The fourth-order valence-corrected chi connectivity index (χ4v) is 5.58. The molecule has 1 aliphatic rings. The number of rotatable bonds is 5. The Morgan fingerprint density at radius 1 is 0.879 bits per heavy atom. The summed E-state index contributed by atoms with van der Waals surface area (Å²) in [6.07, 6.45) is 6.37. The second-order valence-electron chi connectivity index (χ2n) is 9.07. The molecule has 4 rings (SSSR count). The molecule has 1 aromatic heterocycles. The molecule has 1 heterocycles. The lowest BCUT2D eigenvalue weighted by Crippen LogP contribution is -2.13. The van der Waals surface area contributed by atoms with Crippen LogP contribution in [-0.2, 0) is 0 Å². The zero-order valence-corrected chi connectivity index (χ0v) is 20.6. The van der Waals surface area contributed by atoms with Gasteiger partial charge in [-0.1, -0.05) is 60.4 Å². The van der Waals surface area contributed by atoms with E-state index in [9.17, 15) is 9.59 Å². The molecule has 1 saturated carbocycles. The van der Waals surface area contributed by atoms with Gasteiger partial charge in [-0.15, -0.1) is 0 Å². The number of benzene rings is 2. The summed E-state index contributed by atoms with van der Waals surface area (Å²) in [5, 5.41) is 6.30. The lowest BCUT2D eigenvalue weighted by atomic mass is 9.84. The maximum atomic E-state index is 12.9. The first kappa shape index (κ1) is 23.2. The molecule has 6 heteroatoms. The highest BCUT2D eigenvalue weighted by molar-refractivity contribution is 7.17. The van der Waals surface area contributed by atoms with E-state index < -0.39 is 0 Å². The van der Waals surface area contributed by atoms with Gasteiger partial charge in [-0.3, -0.25) is 14.9 Å². The number of hydrogen-bond acceptors (Lipinski definition) is 4. The molecule has 0 radical (unpaired) electrons.